The summed E-state index contributed by atoms with van der Waals surface area (Å²) in [5.74, 6) is 0.281. The molecule has 3 N–H and O–H groups in total. The minimum Gasteiger partial charge on any atom is -0.392 e. The fourth-order valence-corrected chi connectivity index (χ4v) is 5.21. The van der Waals surface area contributed by atoms with Crippen LogP contribution in [0.25, 0.3) is 16.9 Å². The third-order valence-corrected chi connectivity index (χ3v) is 6.98. The largest absolute Gasteiger partial charge is 0.392 e. The minimum atomic E-state index is -3.67. The molecule has 27 heavy (non-hydrogen) atoms. The first-order valence-corrected chi connectivity index (χ1v) is 10.6. The van der Waals surface area contributed by atoms with Crippen LogP contribution in [0.3, 0.4) is 0 Å². The van der Waals surface area contributed by atoms with Crippen molar-refractivity contribution >= 4 is 37.4 Å². The molecule has 0 spiro atoms. The summed E-state index contributed by atoms with van der Waals surface area (Å²) in [5, 5.41) is 9.69. The smallest absolute Gasteiger partial charge is 0.243 e. The lowest BCUT2D eigenvalue weighted by Gasteiger charge is -2.17. The van der Waals surface area contributed by atoms with Gasteiger partial charge in [0.1, 0.15) is 4.60 Å². The van der Waals surface area contributed by atoms with Crippen molar-refractivity contribution < 1.29 is 13.5 Å². The number of hydrogen-bond donors (Lipinski definition) is 2. The lowest BCUT2D eigenvalue weighted by atomic mass is 10.1. The third-order valence-electron chi connectivity index (χ3n) is 4.74. The Morgan fingerprint density at radius 1 is 1.37 bits per heavy atom. The van der Waals surface area contributed by atoms with Crippen LogP contribution in [0.4, 0.5) is 5.82 Å². The molecule has 0 amide bonds. The van der Waals surface area contributed by atoms with Gasteiger partial charge in [-0.1, -0.05) is 6.07 Å². The topological polar surface area (TPSA) is 114 Å². The van der Waals surface area contributed by atoms with Crippen LogP contribution < -0.4 is 5.73 Å². The molecule has 1 saturated heterocycles. The van der Waals surface area contributed by atoms with E-state index < -0.39 is 16.1 Å². The summed E-state index contributed by atoms with van der Waals surface area (Å²) < 4.78 is 29.5. The zero-order valence-electron chi connectivity index (χ0n) is 14.5. The average molecular weight is 452 g/mol. The Bertz CT molecular complexity index is 1140. The number of halogens is 1. The van der Waals surface area contributed by atoms with Crippen LogP contribution >= 0.6 is 15.9 Å². The zero-order valence-corrected chi connectivity index (χ0v) is 16.9. The fraction of sp³-hybridized carbons (Fsp3) is 0.294. The van der Waals surface area contributed by atoms with E-state index in [0.717, 1.165) is 16.8 Å². The van der Waals surface area contributed by atoms with Crippen LogP contribution in [0.5, 0.6) is 0 Å². The Kier molecular flexibility index (Phi) is 4.46. The van der Waals surface area contributed by atoms with E-state index >= 15 is 0 Å². The van der Waals surface area contributed by atoms with E-state index in [1.807, 2.05) is 6.92 Å². The van der Waals surface area contributed by atoms with E-state index in [2.05, 4.69) is 25.9 Å². The molecule has 0 radical (unpaired) electrons. The minimum absolute atomic E-state index is 0.121. The Hall–Kier alpha value is -2.01. The number of anilines is 1. The van der Waals surface area contributed by atoms with Gasteiger partial charge in [0.05, 0.1) is 22.9 Å². The van der Waals surface area contributed by atoms with Gasteiger partial charge in [0.15, 0.2) is 11.5 Å². The van der Waals surface area contributed by atoms with Gasteiger partial charge in [-0.15, -0.1) is 0 Å². The number of aliphatic hydroxyl groups excluding tert-OH is 1. The molecule has 142 valence electrons. The summed E-state index contributed by atoms with van der Waals surface area (Å²) in [7, 11) is -3.67. The molecule has 0 saturated carbocycles. The number of nitrogens with zero attached hydrogens (tertiary/aromatic N) is 4. The highest BCUT2D eigenvalue weighted by Gasteiger charge is 2.32. The van der Waals surface area contributed by atoms with E-state index in [-0.39, 0.29) is 17.3 Å². The van der Waals surface area contributed by atoms with Crippen molar-refractivity contribution in [1.82, 2.24) is 18.7 Å². The zero-order chi connectivity index (χ0) is 19.3. The Labute approximate surface area is 164 Å². The van der Waals surface area contributed by atoms with Gasteiger partial charge in [0.2, 0.25) is 10.0 Å². The Balaban J connectivity index is 1.85. The first kappa shape index (κ1) is 18.4. The van der Waals surface area contributed by atoms with E-state index in [1.165, 1.54) is 4.31 Å². The van der Waals surface area contributed by atoms with Crippen molar-refractivity contribution in [3.05, 3.63) is 40.8 Å². The summed E-state index contributed by atoms with van der Waals surface area (Å²) >= 11 is 3.32. The number of nitrogen functional groups attached to an aromatic ring is 1. The molecule has 1 aliphatic heterocycles. The molecule has 0 bridgehead atoms. The number of benzene rings is 1. The van der Waals surface area contributed by atoms with Crippen LogP contribution in [0, 0.1) is 6.92 Å². The number of sulfonamides is 1. The van der Waals surface area contributed by atoms with Gasteiger partial charge in [-0.2, -0.15) is 4.31 Å². The molecule has 0 aliphatic carbocycles. The third kappa shape index (κ3) is 3.12. The highest BCUT2D eigenvalue weighted by Crippen LogP contribution is 2.30. The number of aromatic nitrogens is 3. The summed E-state index contributed by atoms with van der Waals surface area (Å²) in [5.41, 5.74) is 8.80. The Morgan fingerprint density at radius 2 is 2.15 bits per heavy atom. The maximum Gasteiger partial charge on any atom is 0.243 e. The number of rotatable bonds is 3. The summed E-state index contributed by atoms with van der Waals surface area (Å²) in [6.07, 6.45) is 3.23. The lowest BCUT2D eigenvalue weighted by molar-refractivity contribution is 0.189. The second-order valence-corrected chi connectivity index (χ2v) is 9.32. The second kappa shape index (κ2) is 6.55. The fourth-order valence-electron chi connectivity index (χ4n) is 3.30. The van der Waals surface area contributed by atoms with Crippen LogP contribution in [-0.2, 0) is 10.0 Å². The molecule has 2 aromatic heterocycles. The first-order valence-electron chi connectivity index (χ1n) is 8.35. The molecule has 8 nitrogen and oxygen atoms in total. The number of aryl methyl sites for hydroxylation is 1. The van der Waals surface area contributed by atoms with Crippen molar-refractivity contribution in [3.8, 4) is 11.3 Å². The second-order valence-electron chi connectivity index (χ2n) is 6.57. The quantitative estimate of drug-likeness (QED) is 0.627. The van der Waals surface area contributed by atoms with Gasteiger partial charge in [-0.3, -0.25) is 4.40 Å². The van der Waals surface area contributed by atoms with Gasteiger partial charge in [-0.25, -0.2) is 18.4 Å². The predicted octanol–water partition coefficient (Wildman–Crippen LogP) is 1.80. The van der Waals surface area contributed by atoms with E-state index in [0.29, 0.717) is 23.2 Å². The molecule has 10 heteroatoms. The molecular formula is C17H18BrN5O3S. The van der Waals surface area contributed by atoms with Crippen molar-refractivity contribution in [1.29, 1.82) is 0 Å². The molecule has 1 aromatic carbocycles. The first-order chi connectivity index (χ1) is 12.8. The molecule has 3 heterocycles. The molecular weight excluding hydrogens is 434 g/mol. The summed E-state index contributed by atoms with van der Waals surface area (Å²) in [4.78, 5) is 8.64. The van der Waals surface area contributed by atoms with Crippen molar-refractivity contribution in [3.63, 3.8) is 0 Å². The molecule has 3 aromatic rings. The highest BCUT2D eigenvalue weighted by molar-refractivity contribution is 9.10. The molecule has 4 rings (SSSR count). The maximum absolute atomic E-state index is 12.9. The monoisotopic (exact) mass is 451 g/mol. The van der Waals surface area contributed by atoms with Crippen molar-refractivity contribution in [2.75, 3.05) is 18.8 Å². The number of nitrogens with two attached hydrogens (primary N) is 1. The van der Waals surface area contributed by atoms with Gasteiger partial charge in [0, 0.05) is 24.8 Å². The van der Waals surface area contributed by atoms with Crippen LogP contribution in [0.15, 0.2) is 40.1 Å². The summed E-state index contributed by atoms with van der Waals surface area (Å²) in [6, 6.07) is 5.00. The van der Waals surface area contributed by atoms with Gasteiger partial charge >= 0.3 is 0 Å². The van der Waals surface area contributed by atoms with E-state index in [4.69, 9.17) is 5.73 Å². The standard InChI is InChI=1S/C17H18BrN5O3S/c1-10-2-3-12(27(25,26)22-5-4-11(24)8-22)6-13(10)14-7-20-17-16(19)21-15(18)9-23(14)17/h2-3,6-7,9,11,24H,4-5,8H2,1H3,(H2,19,21)/t11-/m0/s1. The van der Waals surface area contributed by atoms with Gasteiger partial charge < -0.3 is 10.8 Å². The number of β-amino-alcohol motifs (C(OH)–C–C–N with tert-alkyl or cyclic N) is 1. The van der Waals surface area contributed by atoms with E-state index in [1.54, 1.807) is 35.0 Å². The van der Waals surface area contributed by atoms with Gasteiger partial charge in [-0.05, 0) is 47.0 Å². The number of hydrogen-bond acceptors (Lipinski definition) is 6. The van der Waals surface area contributed by atoms with Crippen molar-refractivity contribution in [2.24, 2.45) is 0 Å². The molecule has 1 aliphatic rings. The molecule has 1 atom stereocenters. The number of fused-ring (bicyclic) bond motifs is 1. The molecule has 1 fully saturated rings. The van der Waals surface area contributed by atoms with Crippen LogP contribution in [0.2, 0.25) is 0 Å². The summed E-state index contributed by atoms with van der Waals surface area (Å²) in [6.45, 7) is 2.35. The van der Waals surface area contributed by atoms with E-state index in [9.17, 15) is 13.5 Å². The number of imidazole rings is 1. The molecule has 0 unspecified atom stereocenters. The maximum atomic E-state index is 12.9. The highest BCUT2D eigenvalue weighted by atomic mass is 79.9. The Morgan fingerprint density at radius 3 is 2.85 bits per heavy atom. The SMILES string of the molecule is Cc1ccc(S(=O)(=O)N2CC[C@H](O)C2)cc1-c1cnc2c(N)nc(Br)cn12. The normalized spacial score (nSPS) is 18.4. The number of aliphatic hydroxyl groups is 1. The van der Waals surface area contributed by atoms with Crippen LogP contribution in [-0.4, -0.2) is 51.4 Å². The van der Waals surface area contributed by atoms with Crippen LogP contribution in [0.1, 0.15) is 12.0 Å². The van der Waals surface area contributed by atoms with Gasteiger partial charge in [0.25, 0.3) is 0 Å². The van der Waals surface area contributed by atoms with Crippen molar-refractivity contribution in [2.45, 2.75) is 24.3 Å². The predicted molar refractivity (Wildman–Crippen MR) is 105 cm³/mol. The average Bonchev–Trinajstić information content (AvgIpc) is 3.22. The lowest BCUT2D eigenvalue weighted by Crippen LogP contribution is -2.29.